The fourth-order valence-electron chi connectivity index (χ4n) is 3.17. The fraction of sp³-hybridized carbons (Fsp3) is 0.190. The molecule has 0 radical (unpaired) electrons. The number of amides is 2. The molecule has 0 spiro atoms. The van der Waals surface area contributed by atoms with E-state index in [0.29, 0.717) is 11.3 Å². The summed E-state index contributed by atoms with van der Waals surface area (Å²) in [5.74, 6) is -1.67. The highest BCUT2D eigenvalue weighted by Crippen LogP contribution is 2.25. The summed E-state index contributed by atoms with van der Waals surface area (Å²) in [5.41, 5.74) is 6.51. The van der Waals surface area contributed by atoms with E-state index in [9.17, 15) is 18.4 Å². The van der Waals surface area contributed by atoms with Gasteiger partial charge in [0.25, 0.3) is 5.91 Å². The molecule has 9 nitrogen and oxygen atoms in total. The van der Waals surface area contributed by atoms with E-state index >= 15 is 0 Å². The van der Waals surface area contributed by atoms with Crippen molar-refractivity contribution in [2.45, 2.75) is 25.4 Å². The Morgan fingerprint density at radius 2 is 1.75 bits per heavy atom. The molecule has 3 N–H and O–H groups in total. The van der Waals surface area contributed by atoms with E-state index in [1.807, 2.05) is 0 Å². The van der Waals surface area contributed by atoms with Crippen LogP contribution in [0.2, 0.25) is 0 Å². The van der Waals surface area contributed by atoms with Crippen LogP contribution in [0.4, 0.5) is 14.5 Å². The lowest BCUT2D eigenvalue weighted by Gasteiger charge is -2.20. The Morgan fingerprint density at radius 1 is 1.12 bits per heavy atom. The van der Waals surface area contributed by atoms with E-state index < -0.39 is 29.7 Å². The molecule has 0 fully saturated rings. The normalized spacial score (nSPS) is 16.5. The van der Waals surface area contributed by atoms with Gasteiger partial charge < -0.3 is 15.6 Å². The molecule has 0 bridgehead atoms. The SMILES string of the molecule is CC(NC(=O)C1=NN(c2ccc(F)cc2)C(C(N)=O)C1)c1nc(-c2ccc(F)cc2)no1. The third-order valence-electron chi connectivity index (χ3n) is 4.85. The molecule has 2 unspecified atom stereocenters. The highest BCUT2D eigenvalue weighted by molar-refractivity contribution is 6.40. The highest BCUT2D eigenvalue weighted by Gasteiger charge is 2.35. The van der Waals surface area contributed by atoms with Crippen LogP contribution in [0.15, 0.2) is 58.2 Å². The van der Waals surface area contributed by atoms with Crippen LogP contribution in [-0.2, 0) is 9.59 Å². The van der Waals surface area contributed by atoms with Crippen molar-refractivity contribution in [3.05, 3.63) is 66.1 Å². The molecule has 2 aromatic carbocycles. The van der Waals surface area contributed by atoms with Crippen molar-refractivity contribution in [2.24, 2.45) is 10.8 Å². The van der Waals surface area contributed by atoms with E-state index in [-0.39, 0.29) is 29.7 Å². The molecule has 32 heavy (non-hydrogen) atoms. The summed E-state index contributed by atoms with van der Waals surface area (Å²) in [6.07, 6.45) is -0.0179. The molecular weight excluding hydrogens is 422 g/mol. The number of nitrogens with one attached hydrogen (secondary N) is 1. The molecule has 1 aromatic heterocycles. The van der Waals surface area contributed by atoms with E-state index in [1.165, 1.54) is 53.5 Å². The molecule has 4 rings (SSSR count). The van der Waals surface area contributed by atoms with Gasteiger partial charge in [0.05, 0.1) is 5.69 Å². The second-order valence-electron chi connectivity index (χ2n) is 7.15. The zero-order valence-corrected chi connectivity index (χ0v) is 16.8. The predicted molar refractivity (Wildman–Crippen MR) is 110 cm³/mol. The molecule has 0 saturated carbocycles. The van der Waals surface area contributed by atoms with Gasteiger partial charge in [0.2, 0.25) is 17.6 Å². The third kappa shape index (κ3) is 4.31. The van der Waals surface area contributed by atoms with Gasteiger partial charge in [-0.05, 0) is 55.5 Å². The first-order valence-electron chi connectivity index (χ1n) is 9.64. The lowest BCUT2D eigenvalue weighted by molar-refractivity contribution is -0.119. The Balaban J connectivity index is 1.48. The summed E-state index contributed by atoms with van der Waals surface area (Å²) in [4.78, 5) is 28.8. The molecule has 0 aliphatic carbocycles. The van der Waals surface area contributed by atoms with Crippen LogP contribution in [0, 0.1) is 11.6 Å². The Labute approximate surface area is 180 Å². The van der Waals surface area contributed by atoms with Crippen molar-refractivity contribution in [3.8, 4) is 11.4 Å². The Morgan fingerprint density at radius 3 is 2.38 bits per heavy atom. The number of nitrogens with two attached hydrogens (primary N) is 1. The lowest BCUT2D eigenvalue weighted by atomic mass is 10.1. The fourth-order valence-corrected chi connectivity index (χ4v) is 3.17. The van der Waals surface area contributed by atoms with Crippen LogP contribution in [0.3, 0.4) is 0 Å². The summed E-state index contributed by atoms with van der Waals surface area (Å²) in [6.45, 7) is 1.64. The Hall–Kier alpha value is -4.15. The van der Waals surface area contributed by atoms with Gasteiger partial charge in [-0.25, -0.2) is 8.78 Å². The standard InChI is InChI=1S/C21H18F2N6O3/c1-11(21-26-19(28-32-21)12-2-4-13(22)5-3-12)25-20(31)16-10-17(18(24)30)29(27-16)15-8-6-14(23)7-9-15/h2-9,11,17H,10H2,1H3,(H2,24,30)(H,25,31). The molecule has 3 aromatic rings. The van der Waals surface area contributed by atoms with Gasteiger partial charge in [0, 0.05) is 12.0 Å². The number of hydrogen-bond acceptors (Lipinski definition) is 7. The van der Waals surface area contributed by atoms with Gasteiger partial charge in [0.1, 0.15) is 29.4 Å². The molecule has 164 valence electrons. The number of aromatic nitrogens is 2. The minimum absolute atomic E-state index is 0.0179. The topological polar surface area (TPSA) is 127 Å². The summed E-state index contributed by atoms with van der Waals surface area (Å²) < 4.78 is 31.5. The number of halogens is 2. The van der Waals surface area contributed by atoms with Crippen LogP contribution in [-0.4, -0.2) is 33.7 Å². The number of hydrogen-bond donors (Lipinski definition) is 2. The van der Waals surface area contributed by atoms with Gasteiger partial charge in [0.15, 0.2) is 0 Å². The largest absolute Gasteiger partial charge is 0.368 e. The first kappa shape index (κ1) is 21.1. The van der Waals surface area contributed by atoms with E-state index in [2.05, 4.69) is 20.6 Å². The maximum Gasteiger partial charge on any atom is 0.268 e. The van der Waals surface area contributed by atoms with Gasteiger partial charge in [-0.2, -0.15) is 10.1 Å². The Bertz CT molecular complexity index is 1180. The maximum absolute atomic E-state index is 13.2. The molecule has 2 atom stereocenters. The number of rotatable bonds is 6. The first-order valence-corrected chi connectivity index (χ1v) is 9.64. The van der Waals surface area contributed by atoms with E-state index in [1.54, 1.807) is 6.92 Å². The van der Waals surface area contributed by atoms with E-state index in [4.69, 9.17) is 10.3 Å². The second kappa shape index (κ2) is 8.53. The highest BCUT2D eigenvalue weighted by atomic mass is 19.1. The second-order valence-corrected chi connectivity index (χ2v) is 7.15. The average molecular weight is 440 g/mol. The van der Waals surface area contributed by atoms with E-state index in [0.717, 1.165) is 0 Å². The quantitative estimate of drug-likeness (QED) is 0.606. The molecule has 2 heterocycles. The van der Waals surface area contributed by atoms with Crippen LogP contribution < -0.4 is 16.1 Å². The molecule has 11 heteroatoms. The monoisotopic (exact) mass is 440 g/mol. The summed E-state index contributed by atoms with van der Waals surface area (Å²) in [7, 11) is 0. The van der Waals surface area contributed by atoms with Crippen LogP contribution in [0.1, 0.15) is 25.3 Å². The van der Waals surface area contributed by atoms with Crippen molar-refractivity contribution in [1.29, 1.82) is 0 Å². The molecule has 1 aliphatic heterocycles. The third-order valence-corrected chi connectivity index (χ3v) is 4.85. The summed E-state index contributed by atoms with van der Waals surface area (Å²) >= 11 is 0. The number of hydrazone groups is 1. The smallest absolute Gasteiger partial charge is 0.268 e. The van der Waals surface area contributed by atoms with Crippen molar-refractivity contribution in [2.75, 3.05) is 5.01 Å². The van der Waals surface area contributed by atoms with Crippen molar-refractivity contribution in [1.82, 2.24) is 15.5 Å². The van der Waals surface area contributed by atoms with Crippen molar-refractivity contribution >= 4 is 23.2 Å². The molecule has 2 amide bonds. The first-order chi connectivity index (χ1) is 15.3. The van der Waals surface area contributed by atoms with Crippen molar-refractivity contribution < 1.29 is 22.9 Å². The predicted octanol–water partition coefficient (Wildman–Crippen LogP) is 2.31. The summed E-state index contributed by atoms with van der Waals surface area (Å²) in [5, 5.41) is 12.0. The van der Waals surface area contributed by atoms with Crippen molar-refractivity contribution in [3.63, 3.8) is 0 Å². The Kier molecular flexibility index (Phi) is 5.63. The number of benzene rings is 2. The van der Waals surface area contributed by atoms with Crippen LogP contribution in [0.5, 0.6) is 0 Å². The van der Waals surface area contributed by atoms with Crippen LogP contribution in [0.25, 0.3) is 11.4 Å². The van der Waals surface area contributed by atoms with Crippen LogP contribution >= 0.6 is 0 Å². The average Bonchev–Trinajstić information content (AvgIpc) is 3.43. The van der Waals surface area contributed by atoms with Gasteiger partial charge in [-0.3, -0.25) is 14.6 Å². The summed E-state index contributed by atoms with van der Waals surface area (Å²) in [6, 6.07) is 9.33. The van der Waals surface area contributed by atoms with Gasteiger partial charge >= 0.3 is 0 Å². The lowest BCUT2D eigenvalue weighted by Crippen LogP contribution is -2.40. The number of carbonyl (C=O) groups excluding carboxylic acids is 2. The number of primary amides is 1. The minimum Gasteiger partial charge on any atom is -0.368 e. The maximum atomic E-state index is 13.2. The van der Waals surface area contributed by atoms with Gasteiger partial charge in [-0.1, -0.05) is 5.16 Å². The number of carbonyl (C=O) groups is 2. The molecular formula is C21H18F2N6O3. The zero-order valence-electron chi connectivity index (χ0n) is 16.8. The molecule has 0 saturated heterocycles. The minimum atomic E-state index is -0.884. The number of anilines is 1. The number of nitrogens with zero attached hydrogens (tertiary/aromatic N) is 4. The molecule has 1 aliphatic rings. The van der Waals surface area contributed by atoms with Gasteiger partial charge in [-0.15, -0.1) is 0 Å². The zero-order chi connectivity index (χ0) is 22.8.